The topological polar surface area (TPSA) is 49.9 Å². The van der Waals surface area contributed by atoms with Crippen LogP contribution in [-0.4, -0.2) is 29.7 Å². The largest absolute Gasteiger partial charge is 0.368 e. The Balaban J connectivity index is 1.87. The first-order chi connectivity index (χ1) is 9.24. The van der Waals surface area contributed by atoms with E-state index >= 15 is 0 Å². The average molecular weight is 257 g/mol. The lowest BCUT2D eigenvalue weighted by Gasteiger charge is -2.21. The standard InChI is InChI=1S/C15H19N3O/c1-10-3-4-12(11(2)7-10)13-8-17-15(18-13)14-9-16-5-6-19-14/h3-4,7-8,14,16H,5-6,9H2,1-2H3,(H,17,18). The third-order valence-corrected chi connectivity index (χ3v) is 3.50. The number of aromatic nitrogens is 2. The number of hydrogen-bond acceptors (Lipinski definition) is 3. The zero-order chi connectivity index (χ0) is 13.2. The summed E-state index contributed by atoms with van der Waals surface area (Å²) in [6, 6.07) is 6.46. The van der Waals surface area contributed by atoms with Crippen molar-refractivity contribution < 1.29 is 4.74 Å². The summed E-state index contributed by atoms with van der Waals surface area (Å²) in [5, 5.41) is 3.32. The Bertz CT molecular complexity index is 571. The number of benzene rings is 1. The Morgan fingerprint density at radius 1 is 1.32 bits per heavy atom. The molecule has 4 nitrogen and oxygen atoms in total. The number of imidazole rings is 1. The molecule has 2 N–H and O–H groups in total. The SMILES string of the molecule is Cc1ccc(-c2cnc(C3CNCCO3)[nH]2)c(C)c1. The van der Waals surface area contributed by atoms with E-state index in [4.69, 9.17) is 4.74 Å². The van der Waals surface area contributed by atoms with Gasteiger partial charge in [-0.3, -0.25) is 0 Å². The van der Waals surface area contributed by atoms with Crippen LogP contribution in [0.3, 0.4) is 0 Å². The normalized spacial score (nSPS) is 19.6. The first kappa shape index (κ1) is 12.4. The third-order valence-electron chi connectivity index (χ3n) is 3.50. The summed E-state index contributed by atoms with van der Waals surface area (Å²) in [7, 11) is 0. The Morgan fingerprint density at radius 2 is 2.21 bits per heavy atom. The first-order valence-electron chi connectivity index (χ1n) is 6.69. The van der Waals surface area contributed by atoms with Gasteiger partial charge in [-0.25, -0.2) is 4.98 Å². The van der Waals surface area contributed by atoms with Gasteiger partial charge in [0.2, 0.25) is 0 Å². The Kier molecular flexibility index (Phi) is 3.36. The minimum Gasteiger partial charge on any atom is -0.368 e. The van der Waals surface area contributed by atoms with Crippen molar-refractivity contribution in [1.29, 1.82) is 0 Å². The van der Waals surface area contributed by atoms with E-state index in [2.05, 4.69) is 47.3 Å². The van der Waals surface area contributed by atoms with Crippen molar-refractivity contribution in [3.8, 4) is 11.3 Å². The van der Waals surface area contributed by atoms with Gasteiger partial charge in [0.1, 0.15) is 11.9 Å². The maximum atomic E-state index is 5.71. The molecule has 0 radical (unpaired) electrons. The van der Waals surface area contributed by atoms with Crippen LogP contribution in [0.2, 0.25) is 0 Å². The molecule has 19 heavy (non-hydrogen) atoms. The highest BCUT2D eigenvalue weighted by Crippen LogP contribution is 2.25. The molecule has 1 aliphatic heterocycles. The molecule has 100 valence electrons. The second-order valence-electron chi connectivity index (χ2n) is 5.06. The molecule has 1 aromatic heterocycles. The summed E-state index contributed by atoms with van der Waals surface area (Å²) in [4.78, 5) is 7.84. The van der Waals surface area contributed by atoms with Gasteiger partial charge < -0.3 is 15.0 Å². The van der Waals surface area contributed by atoms with Crippen molar-refractivity contribution in [3.05, 3.63) is 41.3 Å². The molecule has 1 aromatic carbocycles. The lowest BCUT2D eigenvalue weighted by molar-refractivity contribution is 0.0227. The van der Waals surface area contributed by atoms with Gasteiger partial charge in [-0.15, -0.1) is 0 Å². The molecule has 0 saturated carbocycles. The van der Waals surface area contributed by atoms with Gasteiger partial charge in [-0.1, -0.05) is 23.8 Å². The number of ether oxygens (including phenoxy) is 1. The number of nitrogens with one attached hydrogen (secondary N) is 2. The maximum Gasteiger partial charge on any atom is 0.137 e. The van der Waals surface area contributed by atoms with E-state index in [1.165, 1.54) is 16.7 Å². The highest BCUT2D eigenvalue weighted by atomic mass is 16.5. The number of aromatic amines is 1. The van der Waals surface area contributed by atoms with Gasteiger partial charge in [0.25, 0.3) is 0 Å². The number of aryl methyl sites for hydroxylation is 2. The number of morpholine rings is 1. The summed E-state index contributed by atoms with van der Waals surface area (Å²) in [6.45, 7) is 6.71. The van der Waals surface area contributed by atoms with Crippen LogP contribution < -0.4 is 5.32 Å². The second kappa shape index (κ2) is 5.15. The van der Waals surface area contributed by atoms with Gasteiger partial charge in [0.05, 0.1) is 18.5 Å². The summed E-state index contributed by atoms with van der Waals surface area (Å²) >= 11 is 0. The number of H-pyrrole nitrogens is 1. The second-order valence-corrected chi connectivity index (χ2v) is 5.06. The zero-order valence-corrected chi connectivity index (χ0v) is 11.4. The number of hydrogen-bond donors (Lipinski definition) is 2. The maximum absolute atomic E-state index is 5.71. The molecule has 2 aromatic rings. The minimum absolute atomic E-state index is 0.0354. The molecule has 4 heteroatoms. The third kappa shape index (κ3) is 2.55. The van der Waals surface area contributed by atoms with Crippen molar-refractivity contribution >= 4 is 0 Å². The van der Waals surface area contributed by atoms with Gasteiger partial charge in [-0.05, 0) is 19.4 Å². The quantitative estimate of drug-likeness (QED) is 0.868. The molecule has 1 fully saturated rings. The summed E-state index contributed by atoms with van der Waals surface area (Å²) < 4.78 is 5.71. The van der Waals surface area contributed by atoms with Crippen LogP contribution in [0.1, 0.15) is 23.1 Å². The minimum atomic E-state index is 0.0354. The van der Waals surface area contributed by atoms with Gasteiger partial charge in [0, 0.05) is 18.7 Å². The van der Waals surface area contributed by atoms with Crippen LogP contribution in [0.15, 0.2) is 24.4 Å². The zero-order valence-electron chi connectivity index (χ0n) is 11.4. The fraction of sp³-hybridized carbons (Fsp3) is 0.400. The van der Waals surface area contributed by atoms with Crippen LogP contribution in [0.5, 0.6) is 0 Å². The lowest BCUT2D eigenvalue weighted by Crippen LogP contribution is -2.33. The van der Waals surface area contributed by atoms with E-state index in [1.54, 1.807) is 0 Å². The molecule has 0 bridgehead atoms. The molecular formula is C15H19N3O. The summed E-state index contributed by atoms with van der Waals surface area (Å²) in [6.07, 6.45) is 1.93. The van der Waals surface area contributed by atoms with E-state index < -0.39 is 0 Å². The van der Waals surface area contributed by atoms with Crippen molar-refractivity contribution in [1.82, 2.24) is 15.3 Å². The smallest absolute Gasteiger partial charge is 0.137 e. The lowest BCUT2D eigenvalue weighted by atomic mass is 10.0. The molecule has 0 aliphatic carbocycles. The van der Waals surface area contributed by atoms with E-state index in [0.717, 1.165) is 31.2 Å². The molecule has 0 spiro atoms. The molecule has 0 amide bonds. The molecule has 1 unspecified atom stereocenters. The van der Waals surface area contributed by atoms with Crippen molar-refractivity contribution in [2.24, 2.45) is 0 Å². The van der Waals surface area contributed by atoms with Gasteiger partial charge >= 0.3 is 0 Å². The average Bonchev–Trinajstić information content (AvgIpc) is 2.89. The Morgan fingerprint density at radius 3 is 2.95 bits per heavy atom. The Labute approximate surface area is 113 Å². The van der Waals surface area contributed by atoms with Crippen molar-refractivity contribution in [2.75, 3.05) is 19.7 Å². The van der Waals surface area contributed by atoms with Crippen LogP contribution in [0.4, 0.5) is 0 Å². The molecular weight excluding hydrogens is 238 g/mol. The molecule has 3 rings (SSSR count). The fourth-order valence-electron chi connectivity index (χ4n) is 2.49. The fourth-order valence-corrected chi connectivity index (χ4v) is 2.49. The van der Waals surface area contributed by atoms with E-state index in [1.807, 2.05) is 6.20 Å². The summed E-state index contributed by atoms with van der Waals surface area (Å²) in [5.41, 5.74) is 4.80. The number of rotatable bonds is 2. The predicted octanol–water partition coefficient (Wildman–Crippen LogP) is 2.35. The molecule has 1 saturated heterocycles. The molecule has 1 aliphatic rings. The predicted molar refractivity (Wildman–Crippen MR) is 75.1 cm³/mol. The van der Waals surface area contributed by atoms with Gasteiger partial charge in [0.15, 0.2) is 0 Å². The monoisotopic (exact) mass is 257 g/mol. The van der Waals surface area contributed by atoms with Crippen molar-refractivity contribution in [2.45, 2.75) is 20.0 Å². The highest BCUT2D eigenvalue weighted by molar-refractivity contribution is 5.63. The van der Waals surface area contributed by atoms with E-state index in [0.29, 0.717) is 0 Å². The van der Waals surface area contributed by atoms with Crippen LogP contribution in [-0.2, 0) is 4.74 Å². The first-order valence-corrected chi connectivity index (χ1v) is 6.69. The Hall–Kier alpha value is -1.65. The number of nitrogens with zero attached hydrogens (tertiary/aromatic N) is 1. The van der Waals surface area contributed by atoms with Crippen LogP contribution in [0, 0.1) is 13.8 Å². The van der Waals surface area contributed by atoms with Crippen molar-refractivity contribution in [3.63, 3.8) is 0 Å². The molecule has 1 atom stereocenters. The van der Waals surface area contributed by atoms with Crippen LogP contribution >= 0.6 is 0 Å². The summed E-state index contributed by atoms with van der Waals surface area (Å²) in [5.74, 6) is 0.905. The van der Waals surface area contributed by atoms with E-state index in [-0.39, 0.29) is 6.10 Å². The van der Waals surface area contributed by atoms with Gasteiger partial charge in [-0.2, -0.15) is 0 Å². The highest BCUT2D eigenvalue weighted by Gasteiger charge is 2.19. The van der Waals surface area contributed by atoms with Crippen LogP contribution in [0.25, 0.3) is 11.3 Å². The van der Waals surface area contributed by atoms with E-state index in [9.17, 15) is 0 Å². The molecule has 2 heterocycles.